The van der Waals surface area contributed by atoms with Gasteiger partial charge in [0.2, 0.25) is 5.91 Å². The van der Waals surface area contributed by atoms with Crippen LogP contribution in [0.3, 0.4) is 0 Å². The number of carbonyl (C=O) groups is 1. The van der Waals surface area contributed by atoms with Gasteiger partial charge in [-0.2, -0.15) is 0 Å². The Balaban J connectivity index is 0.000000810. The van der Waals surface area contributed by atoms with Crippen LogP contribution in [0.2, 0.25) is 0 Å². The van der Waals surface area contributed by atoms with Crippen LogP contribution in [-0.2, 0) is 36.9 Å². The van der Waals surface area contributed by atoms with Crippen molar-refractivity contribution in [2.45, 2.75) is 44.9 Å². The molecule has 0 radical (unpaired) electrons. The maximum Gasteiger partial charge on any atom is 1.00 e. The molecule has 0 bridgehead atoms. The van der Waals surface area contributed by atoms with Crippen LogP contribution < -0.4 is 35.3 Å². The van der Waals surface area contributed by atoms with E-state index in [0.29, 0.717) is 6.42 Å². The van der Waals surface area contributed by atoms with Crippen molar-refractivity contribution in [3.05, 3.63) is 33.9 Å². The number of benzene rings is 1. The van der Waals surface area contributed by atoms with Crippen LogP contribution in [0, 0.1) is 0 Å². The minimum absolute atomic E-state index is 0. The summed E-state index contributed by atoms with van der Waals surface area (Å²) in [5.41, 5.74) is 12.5. The second-order valence-electron chi connectivity index (χ2n) is 4.98. The van der Waals surface area contributed by atoms with Crippen molar-refractivity contribution in [3.63, 3.8) is 0 Å². The third-order valence-electron chi connectivity index (χ3n) is 3.95. The van der Waals surface area contributed by atoms with E-state index in [2.05, 4.69) is 6.07 Å². The smallest absolute Gasteiger partial charge is 1.00 e. The van der Waals surface area contributed by atoms with Crippen LogP contribution in [-0.4, -0.2) is 5.91 Å². The van der Waals surface area contributed by atoms with Crippen LogP contribution in [0.1, 0.15) is 42.1 Å². The van der Waals surface area contributed by atoms with Gasteiger partial charge in [-0.05, 0) is 66.3 Å². The first kappa shape index (κ1) is 13.1. The number of hydrogen-bond donors (Lipinski definition) is 1. The molecule has 0 saturated heterocycles. The molecule has 2 nitrogen and oxygen atoms in total. The summed E-state index contributed by atoms with van der Waals surface area (Å²) < 4.78 is 0. The van der Waals surface area contributed by atoms with Crippen molar-refractivity contribution < 1.29 is 35.8 Å². The average molecular weight is 239 g/mol. The molecule has 0 fully saturated rings. The second kappa shape index (κ2) is 5.13. The number of amides is 1. The topological polar surface area (TPSA) is 43.1 Å². The average Bonchev–Trinajstić information content (AvgIpc) is 2.83. The predicted octanol–water partition coefficient (Wildman–Crippen LogP) is -1.19. The van der Waals surface area contributed by atoms with Gasteiger partial charge in [0, 0.05) is 0 Å². The van der Waals surface area contributed by atoms with E-state index in [1.165, 1.54) is 53.5 Å². The minimum atomic E-state index is -0.186. The van der Waals surface area contributed by atoms with Gasteiger partial charge in [-0.3, -0.25) is 4.79 Å². The number of nitrogens with two attached hydrogens (primary N) is 1. The number of aryl methyl sites for hydroxylation is 2. The molecule has 86 valence electrons. The summed E-state index contributed by atoms with van der Waals surface area (Å²) in [4.78, 5) is 11.2. The van der Waals surface area contributed by atoms with Crippen molar-refractivity contribution in [2.24, 2.45) is 5.73 Å². The normalized spacial score (nSPS) is 16.2. The van der Waals surface area contributed by atoms with Gasteiger partial charge in [-0.25, -0.2) is 0 Å². The zero-order valence-corrected chi connectivity index (χ0v) is 12.5. The summed E-state index contributed by atoms with van der Waals surface area (Å²) >= 11 is 0. The largest absolute Gasteiger partial charge is 1.00 e. The van der Waals surface area contributed by atoms with Crippen molar-refractivity contribution in [3.8, 4) is 0 Å². The van der Waals surface area contributed by atoms with Gasteiger partial charge in [-0.15, -0.1) is 0 Å². The molecule has 0 saturated carbocycles. The van der Waals surface area contributed by atoms with Crippen molar-refractivity contribution in [1.82, 2.24) is 0 Å². The summed E-state index contributed by atoms with van der Waals surface area (Å²) in [7, 11) is 0. The van der Waals surface area contributed by atoms with E-state index >= 15 is 0 Å². The first-order valence-corrected chi connectivity index (χ1v) is 6.19. The molecule has 0 aliphatic heterocycles. The van der Waals surface area contributed by atoms with E-state index in [1.54, 1.807) is 0 Å². The van der Waals surface area contributed by atoms with Crippen LogP contribution >= 0.6 is 0 Å². The Hall–Kier alpha value is -0.310. The van der Waals surface area contributed by atoms with E-state index in [1.807, 2.05) is 0 Å². The molecule has 1 aromatic rings. The van der Waals surface area contributed by atoms with Crippen LogP contribution in [0.4, 0.5) is 0 Å². The van der Waals surface area contributed by atoms with E-state index in [9.17, 15) is 4.79 Å². The Kier molecular flexibility index (Phi) is 3.96. The van der Waals surface area contributed by atoms with Gasteiger partial charge in [0.1, 0.15) is 0 Å². The molecular weight excluding hydrogens is 221 g/mol. The standard InChI is InChI=1S/C14H17NO.Na.H/c15-14(16)8-13-11-5-1-3-9(11)7-10-4-2-6-12(10)13;;/h7H,1-6,8H2,(H2,15,16);;/q;+1;-1. The molecule has 1 amide bonds. The zero-order chi connectivity index (χ0) is 11.1. The predicted molar refractivity (Wildman–Crippen MR) is 64.5 cm³/mol. The monoisotopic (exact) mass is 239 g/mol. The Labute approximate surface area is 126 Å². The summed E-state index contributed by atoms with van der Waals surface area (Å²) in [6, 6.07) is 2.38. The molecule has 3 heteroatoms. The summed E-state index contributed by atoms with van der Waals surface area (Å²) in [5, 5.41) is 0. The Morgan fingerprint density at radius 1 is 1.12 bits per heavy atom. The molecule has 0 atom stereocenters. The molecule has 0 aromatic heterocycles. The van der Waals surface area contributed by atoms with E-state index in [4.69, 9.17) is 5.73 Å². The molecule has 0 unspecified atom stereocenters. The number of rotatable bonds is 2. The van der Waals surface area contributed by atoms with E-state index < -0.39 is 0 Å². The number of primary amides is 1. The first-order chi connectivity index (χ1) is 7.75. The molecule has 3 rings (SSSR count). The SMILES string of the molecule is NC(=O)Cc1c2c(cc3c1CCC3)CCC2.[H-].[Na+]. The molecular formula is C14H18NNaO. The number of fused-ring (bicyclic) bond motifs is 2. The van der Waals surface area contributed by atoms with E-state index in [0.717, 1.165) is 12.8 Å². The van der Waals surface area contributed by atoms with Crippen molar-refractivity contribution >= 4 is 5.91 Å². The Bertz CT molecular complexity index is 441. The van der Waals surface area contributed by atoms with Crippen molar-refractivity contribution in [1.29, 1.82) is 0 Å². The van der Waals surface area contributed by atoms with Gasteiger partial charge in [0.15, 0.2) is 0 Å². The van der Waals surface area contributed by atoms with Crippen LogP contribution in [0.25, 0.3) is 0 Å². The van der Waals surface area contributed by atoms with Crippen molar-refractivity contribution in [2.75, 3.05) is 0 Å². The number of hydrogen-bond acceptors (Lipinski definition) is 1. The summed E-state index contributed by atoms with van der Waals surface area (Å²) in [6.07, 6.45) is 7.60. The molecule has 0 heterocycles. The van der Waals surface area contributed by atoms with Gasteiger partial charge >= 0.3 is 29.6 Å². The molecule has 0 spiro atoms. The number of carbonyl (C=O) groups excluding carboxylic acids is 1. The zero-order valence-electron chi connectivity index (χ0n) is 11.5. The van der Waals surface area contributed by atoms with Crippen LogP contribution in [0.15, 0.2) is 6.07 Å². The fourth-order valence-electron chi connectivity index (χ4n) is 3.32. The molecule has 2 aliphatic rings. The molecule has 17 heavy (non-hydrogen) atoms. The van der Waals surface area contributed by atoms with Gasteiger partial charge < -0.3 is 7.16 Å². The van der Waals surface area contributed by atoms with Gasteiger partial charge in [0.05, 0.1) is 6.42 Å². The quantitative estimate of drug-likeness (QED) is 0.648. The Morgan fingerprint density at radius 2 is 1.65 bits per heavy atom. The second-order valence-corrected chi connectivity index (χ2v) is 4.98. The minimum Gasteiger partial charge on any atom is -1.00 e. The maximum atomic E-state index is 11.2. The fraction of sp³-hybridized carbons (Fsp3) is 0.500. The molecule has 2 N–H and O–H groups in total. The van der Waals surface area contributed by atoms with Gasteiger partial charge in [0.25, 0.3) is 0 Å². The molecule has 2 aliphatic carbocycles. The summed E-state index contributed by atoms with van der Waals surface area (Å²) in [5.74, 6) is -0.186. The fourth-order valence-corrected chi connectivity index (χ4v) is 3.32. The Morgan fingerprint density at radius 3 is 2.12 bits per heavy atom. The first-order valence-electron chi connectivity index (χ1n) is 6.19. The molecule has 1 aromatic carbocycles. The maximum absolute atomic E-state index is 11.2. The van der Waals surface area contributed by atoms with Crippen LogP contribution in [0.5, 0.6) is 0 Å². The third-order valence-corrected chi connectivity index (χ3v) is 3.95. The summed E-state index contributed by atoms with van der Waals surface area (Å²) in [6.45, 7) is 0. The third kappa shape index (κ3) is 2.31. The van der Waals surface area contributed by atoms with E-state index in [-0.39, 0.29) is 36.9 Å². The van der Waals surface area contributed by atoms with Gasteiger partial charge in [-0.1, -0.05) is 6.07 Å².